The molecule has 0 saturated carbocycles. The van der Waals surface area contributed by atoms with Gasteiger partial charge in [-0.1, -0.05) is 19.8 Å². The van der Waals surface area contributed by atoms with E-state index in [-0.39, 0.29) is 18.4 Å². The third kappa shape index (κ3) is 5.39. The second-order valence-corrected chi connectivity index (χ2v) is 7.62. The van der Waals surface area contributed by atoms with Crippen molar-refractivity contribution in [3.05, 3.63) is 15.8 Å². The summed E-state index contributed by atoms with van der Waals surface area (Å²) < 4.78 is 27.2. The van der Waals surface area contributed by atoms with Crippen LogP contribution in [0.2, 0.25) is 0 Å². The van der Waals surface area contributed by atoms with Gasteiger partial charge in [-0.15, -0.1) is 23.7 Å². The number of hydrogen-bond donors (Lipinski definition) is 2. The van der Waals surface area contributed by atoms with Crippen LogP contribution in [0.25, 0.3) is 0 Å². The van der Waals surface area contributed by atoms with Crippen molar-refractivity contribution in [1.29, 1.82) is 0 Å². The Bertz CT molecular complexity index is 486. The minimum atomic E-state index is -3.43. The fourth-order valence-electron chi connectivity index (χ4n) is 1.83. The van der Waals surface area contributed by atoms with Crippen LogP contribution in [0.1, 0.15) is 35.9 Å². The van der Waals surface area contributed by atoms with Crippen molar-refractivity contribution in [3.8, 4) is 0 Å². The molecule has 1 heterocycles. The Balaban J connectivity index is 0.00000324. The molecule has 1 rings (SSSR count). The molecule has 4 nitrogen and oxygen atoms in total. The van der Waals surface area contributed by atoms with Crippen molar-refractivity contribution < 1.29 is 8.42 Å². The van der Waals surface area contributed by atoms with Crippen LogP contribution < -0.4 is 10.5 Å². The van der Waals surface area contributed by atoms with Gasteiger partial charge in [0.15, 0.2) is 0 Å². The van der Waals surface area contributed by atoms with E-state index in [1.165, 1.54) is 11.3 Å². The van der Waals surface area contributed by atoms with Gasteiger partial charge < -0.3 is 5.73 Å². The Morgan fingerprint density at radius 2 is 2.05 bits per heavy atom. The van der Waals surface area contributed by atoms with Crippen LogP contribution in [0.4, 0.5) is 0 Å². The van der Waals surface area contributed by atoms with Gasteiger partial charge in [0.05, 0.1) is 4.90 Å². The molecule has 0 spiro atoms. The lowest BCUT2D eigenvalue weighted by Crippen LogP contribution is -2.40. The number of nitrogens with one attached hydrogen (secondary N) is 1. The third-order valence-electron chi connectivity index (χ3n) is 2.80. The van der Waals surface area contributed by atoms with E-state index in [4.69, 9.17) is 5.73 Å². The third-order valence-corrected chi connectivity index (χ3v) is 5.54. The normalized spacial score (nSPS) is 13.1. The van der Waals surface area contributed by atoms with Gasteiger partial charge in [-0.05, 0) is 26.3 Å². The predicted molar refractivity (Wildman–Crippen MR) is 83.7 cm³/mol. The second kappa shape index (κ2) is 8.21. The molecule has 0 aromatic carbocycles. The molecule has 7 heteroatoms. The molecule has 0 fully saturated rings. The van der Waals surface area contributed by atoms with Crippen molar-refractivity contribution in [2.24, 2.45) is 5.73 Å². The number of nitrogens with two attached hydrogens (primary N) is 1. The van der Waals surface area contributed by atoms with Crippen LogP contribution in [-0.4, -0.2) is 21.0 Å². The number of sulfonamides is 1. The fourth-order valence-corrected chi connectivity index (χ4v) is 4.67. The highest BCUT2D eigenvalue weighted by Crippen LogP contribution is 2.25. The summed E-state index contributed by atoms with van der Waals surface area (Å²) in [6.45, 7) is 6.15. The summed E-state index contributed by atoms with van der Waals surface area (Å²) in [5.41, 5.74) is 5.62. The Labute approximate surface area is 126 Å². The van der Waals surface area contributed by atoms with Crippen molar-refractivity contribution in [2.75, 3.05) is 6.54 Å². The van der Waals surface area contributed by atoms with Gasteiger partial charge in [-0.3, -0.25) is 0 Å². The summed E-state index contributed by atoms with van der Waals surface area (Å²) in [4.78, 5) is 2.22. The van der Waals surface area contributed by atoms with Crippen LogP contribution in [0, 0.1) is 13.8 Å². The number of aryl methyl sites for hydroxylation is 2. The number of thiophene rings is 1. The lowest BCUT2D eigenvalue weighted by atomic mass is 10.1. The molecule has 112 valence electrons. The van der Waals surface area contributed by atoms with Gasteiger partial charge in [0, 0.05) is 22.3 Å². The van der Waals surface area contributed by atoms with Gasteiger partial charge in [-0.25, -0.2) is 13.1 Å². The molecule has 1 atom stereocenters. The minimum Gasteiger partial charge on any atom is -0.329 e. The van der Waals surface area contributed by atoms with E-state index in [0.717, 1.165) is 29.0 Å². The summed E-state index contributed by atoms with van der Waals surface area (Å²) >= 11 is 1.50. The number of rotatable bonds is 7. The van der Waals surface area contributed by atoms with Crippen molar-refractivity contribution in [1.82, 2.24) is 4.72 Å². The first kappa shape index (κ1) is 18.9. The number of unbranched alkanes of at least 4 members (excludes halogenated alkanes) is 1. The lowest BCUT2D eigenvalue weighted by molar-refractivity contribution is 0.516. The highest BCUT2D eigenvalue weighted by Gasteiger charge is 2.22. The Hall–Kier alpha value is -0.140. The summed E-state index contributed by atoms with van der Waals surface area (Å²) in [6, 6.07) is 1.55. The maximum atomic E-state index is 12.2. The lowest BCUT2D eigenvalue weighted by Gasteiger charge is -2.16. The van der Waals surface area contributed by atoms with Gasteiger partial charge >= 0.3 is 0 Å². The maximum absolute atomic E-state index is 12.2. The molecule has 0 aliphatic rings. The van der Waals surface area contributed by atoms with E-state index >= 15 is 0 Å². The largest absolute Gasteiger partial charge is 0.329 e. The molecule has 3 N–H and O–H groups in total. The predicted octanol–water partition coefficient (Wildman–Crippen LogP) is 2.58. The summed E-state index contributed by atoms with van der Waals surface area (Å²) in [6.07, 6.45) is 2.80. The van der Waals surface area contributed by atoms with Crippen molar-refractivity contribution in [3.63, 3.8) is 0 Å². The SMILES string of the molecule is CCCCC(CN)NS(=O)(=O)c1cc(C)sc1C.Cl. The van der Waals surface area contributed by atoms with E-state index in [1.54, 1.807) is 6.07 Å². The Morgan fingerprint density at radius 1 is 1.42 bits per heavy atom. The monoisotopic (exact) mass is 326 g/mol. The van der Waals surface area contributed by atoms with Crippen LogP contribution in [-0.2, 0) is 10.0 Å². The first-order valence-corrected chi connectivity index (χ1v) is 8.50. The molecule has 0 amide bonds. The fraction of sp³-hybridized carbons (Fsp3) is 0.667. The molecular formula is C12H23ClN2O2S2. The Kier molecular flexibility index (Phi) is 8.15. The molecule has 0 aliphatic heterocycles. The molecule has 19 heavy (non-hydrogen) atoms. The van der Waals surface area contributed by atoms with Crippen LogP contribution in [0.15, 0.2) is 11.0 Å². The molecule has 1 unspecified atom stereocenters. The highest BCUT2D eigenvalue weighted by molar-refractivity contribution is 7.89. The molecule has 0 radical (unpaired) electrons. The topological polar surface area (TPSA) is 72.2 Å². The zero-order valence-corrected chi connectivity index (χ0v) is 14.1. The molecule has 1 aromatic rings. The molecular weight excluding hydrogens is 304 g/mol. The smallest absolute Gasteiger partial charge is 0.241 e. The Morgan fingerprint density at radius 3 is 2.47 bits per heavy atom. The second-order valence-electron chi connectivity index (χ2n) is 4.47. The van der Waals surface area contributed by atoms with E-state index in [2.05, 4.69) is 11.6 Å². The summed E-state index contributed by atoms with van der Waals surface area (Å²) in [7, 11) is -3.43. The summed E-state index contributed by atoms with van der Waals surface area (Å²) in [5, 5.41) is 0. The number of halogens is 1. The van der Waals surface area contributed by atoms with Gasteiger partial charge in [0.1, 0.15) is 0 Å². The standard InChI is InChI=1S/C12H22N2O2S2.ClH/c1-4-5-6-11(8-13)14-18(15,16)12-7-9(2)17-10(12)3;/h7,11,14H,4-6,8,13H2,1-3H3;1H. The summed E-state index contributed by atoms with van der Waals surface area (Å²) in [5.74, 6) is 0. The van der Waals surface area contributed by atoms with E-state index in [1.807, 2.05) is 13.8 Å². The van der Waals surface area contributed by atoms with Gasteiger partial charge in [0.2, 0.25) is 10.0 Å². The maximum Gasteiger partial charge on any atom is 0.241 e. The number of hydrogen-bond acceptors (Lipinski definition) is 4. The molecule has 0 aliphatic carbocycles. The van der Waals surface area contributed by atoms with Crippen molar-refractivity contribution >= 4 is 33.8 Å². The first-order chi connectivity index (χ1) is 8.40. The zero-order chi connectivity index (χ0) is 13.8. The van der Waals surface area contributed by atoms with Crippen LogP contribution in [0.3, 0.4) is 0 Å². The average Bonchev–Trinajstić information content (AvgIpc) is 2.64. The van der Waals surface area contributed by atoms with Crippen molar-refractivity contribution in [2.45, 2.75) is 51.0 Å². The zero-order valence-electron chi connectivity index (χ0n) is 11.6. The molecule has 0 saturated heterocycles. The average molecular weight is 327 g/mol. The van der Waals surface area contributed by atoms with E-state index in [0.29, 0.717) is 11.4 Å². The van der Waals surface area contributed by atoms with Gasteiger partial charge in [0.25, 0.3) is 0 Å². The molecule has 0 bridgehead atoms. The first-order valence-electron chi connectivity index (χ1n) is 6.20. The quantitative estimate of drug-likeness (QED) is 0.809. The molecule has 1 aromatic heterocycles. The highest BCUT2D eigenvalue weighted by atomic mass is 35.5. The minimum absolute atomic E-state index is 0. The van der Waals surface area contributed by atoms with E-state index < -0.39 is 10.0 Å². The van der Waals surface area contributed by atoms with Gasteiger partial charge in [-0.2, -0.15) is 0 Å². The van der Waals surface area contributed by atoms with Crippen LogP contribution >= 0.6 is 23.7 Å². The van der Waals surface area contributed by atoms with Crippen LogP contribution in [0.5, 0.6) is 0 Å². The van der Waals surface area contributed by atoms with E-state index in [9.17, 15) is 8.42 Å².